The molecule has 1 saturated heterocycles. The average molecular weight is 436 g/mol. The first-order chi connectivity index (χ1) is 13.5. The number of aromatic nitrogens is 2. The third kappa shape index (κ3) is 5.77. The summed E-state index contributed by atoms with van der Waals surface area (Å²) in [4.78, 5) is 37.1. The quantitative estimate of drug-likeness (QED) is 0.379. The molecule has 0 aromatic carbocycles. The van der Waals surface area contributed by atoms with Crippen LogP contribution in [0.25, 0.3) is 0 Å². The molecule has 0 bridgehead atoms. The van der Waals surface area contributed by atoms with Crippen LogP contribution in [0.3, 0.4) is 0 Å². The van der Waals surface area contributed by atoms with Crippen LogP contribution in [-0.4, -0.2) is 57.8 Å². The van der Waals surface area contributed by atoms with Crippen LogP contribution in [0.5, 0.6) is 0 Å². The normalized spacial score (nSPS) is 25.8. The molecular weight excluding hydrogens is 412 g/mol. The average Bonchev–Trinajstić information content (AvgIpc) is 2.90. The van der Waals surface area contributed by atoms with E-state index in [1.165, 1.54) is 13.8 Å². The number of aliphatic hydroxyl groups is 1. The summed E-state index contributed by atoms with van der Waals surface area (Å²) in [7, 11) is -2.54. The minimum Gasteiger partial charge on any atom is -0.462 e. The Morgan fingerprint density at radius 3 is 2.72 bits per heavy atom. The highest BCUT2D eigenvalue weighted by Gasteiger charge is 2.47. The minimum absolute atomic E-state index is 0.157. The second-order valence-electron chi connectivity index (χ2n) is 6.87. The molecule has 1 aliphatic rings. The van der Waals surface area contributed by atoms with Gasteiger partial charge in [0.1, 0.15) is 24.9 Å². The summed E-state index contributed by atoms with van der Waals surface area (Å²) in [5.74, 6) is -0.624. The van der Waals surface area contributed by atoms with Crippen molar-refractivity contribution in [1.82, 2.24) is 14.6 Å². The monoisotopic (exact) mass is 436 g/mol. The molecule has 162 valence electrons. The number of hydrogen-bond donors (Lipinski definition) is 3. The number of alkyl halides is 1. The summed E-state index contributed by atoms with van der Waals surface area (Å²) in [5, 5.41) is 12.4. The molecule has 6 atom stereocenters. The topological polar surface area (TPSA) is 149 Å². The van der Waals surface area contributed by atoms with Gasteiger partial charge < -0.3 is 14.6 Å². The highest BCUT2D eigenvalue weighted by molar-refractivity contribution is 7.36. The summed E-state index contributed by atoms with van der Waals surface area (Å²) in [6.45, 7) is 5.72. The van der Waals surface area contributed by atoms with Crippen LogP contribution in [-0.2, 0) is 23.4 Å². The van der Waals surface area contributed by atoms with Crippen molar-refractivity contribution in [2.24, 2.45) is 0 Å². The summed E-state index contributed by atoms with van der Waals surface area (Å²) in [5.41, 5.74) is -1.36. The molecule has 1 aromatic heterocycles. The number of hydrogen-bond acceptors (Lipinski definition) is 8. The number of aliphatic hydroxyl groups excluding tert-OH is 1. The molecule has 3 N–H and O–H groups in total. The Bertz CT molecular complexity index is 872. The van der Waals surface area contributed by atoms with Gasteiger partial charge in [-0.15, -0.1) is 4.52 Å². The SMILES string of the molecule is Cc1cn([C@H]2O[C@@H](CO[P+](=O)N[C@@H](C)C(=O)OC(C)C)[C@H](O)[C@H]2F)c(=O)[nH]c1=O. The van der Waals surface area contributed by atoms with Crippen molar-refractivity contribution in [3.05, 3.63) is 32.6 Å². The maximum absolute atomic E-state index is 14.5. The van der Waals surface area contributed by atoms with Crippen LogP contribution in [0.2, 0.25) is 0 Å². The number of carbonyl (C=O) groups is 1. The fraction of sp³-hybridized carbons (Fsp3) is 0.688. The summed E-state index contributed by atoms with van der Waals surface area (Å²) in [6.07, 6.45) is -5.59. The van der Waals surface area contributed by atoms with E-state index in [-0.39, 0.29) is 11.7 Å². The maximum atomic E-state index is 14.5. The van der Waals surface area contributed by atoms with E-state index in [1.54, 1.807) is 13.8 Å². The number of rotatable bonds is 8. The van der Waals surface area contributed by atoms with Gasteiger partial charge in [-0.1, -0.05) is 5.09 Å². The van der Waals surface area contributed by atoms with Gasteiger partial charge in [-0.3, -0.25) is 19.1 Å². The van der Waals surface area contributed by atoms with Crippen LogP contribution < -0.4 is 16.3 Å². The lowest BCUT2D eigenvalue weighted by molar-refractivity contribution is -0.149. The number of esters is 1. The first-order valence-corrected chi connectivity index (χ1v) is 10.1. The van der Waals surface area contributed by atoms with Gasteiger partial charge in [0, 0.05) is 11.8 Å². The van der Waals surface area contributed by atoms with E-state index in [9.17, 15) is 28.4 Å². The van der Waals surface area contributed by atoms with E-state index >= 15 is 0 Å². The van der Waals surface area contributed by atoms with Crippen molar-refractivity contribution < 1.29 is 32.9 Å². The first kappa shape index (κ1) is 23.3. The molecule has 0 radical (unpaired) electrons. The summed E-state index contributed by atoms with van der Waals surface area (Å²) < 4.78 is 42.6. The van der Waals surface area contributed by atoms with E-state index in [0.717, 1.165) is 10.8 Å². The second-order valence-corrected chi connectivity index (χ2v) is 7.90. The number of carbonyl (C=O) groups excluding carboxylic acids is 1. The van der Waals surface area contributed by atoms with Crippen molar-refractivity contribution in [1.29, 1.82) is 0 Å². The van der Waals surface area contributed by atoms with Crippen LogP contribution >= 0.6 is 8.18 Å². The smallest absolute Gasteiger partial charge is 0.462 e. The van der Waals surface area contributed by atoms with Crippen LogP contribution in [0.15, 0.2) is 15.8 Å². The van der Waals surface area contributed by atoms with E-state index in [0.29, 0.717) is 0 Å². The van der Waals surface area contributed by atoms with Crippen molar-refractivity contribution in [2.45, 2.75) is 64.4 Å². The first-order valence-electron chi connectivity index (χ1n) is 8.87. The Morgan fingerprint density at radius 1 is 1.45 bits per heavy atom. The lowest BCUT2D eigenvalue weighted by Crippen LogP contribution is -2.36. The molecule has 2 heterocycles. The van der Waals surface area contributed by atoms with Gasteiger partial charge in [0.25, 0.3) is 5.56 Å². The summed E-state index contributed by atoms with van der Waals surface area (Å²) >= 11 is 0. The number of aryl methyl sites for hydroxylation is 1. The van der Waals surface area contributed by atoms with E-state index < -0.39 is 62.7 Å². The van der Waals surface area contributed by atoms with Crippen LogP contribution in [0, 0.1) is 6.92 Å². The third-order valence-electron chi connectivity index (χ3n) is 4.07. The Balaban J connectivity index is 1.97. The maximum Gasteiger partial charge on any atom is 0.613 e. The molecule has 0 amide bonds. The zero-order valence-corrected chi connectivity index (χ0v) is 17.2. The van der Waals surface area contributed by atoms with Crippen molar-refractivity contribution in [2.75, 3.05) is 6.61 Å². The molecule has 2 rings (SSSR count). The predicted octanol–water partition coefficient (Wildman–Crippen LogP) is 0.0451. The predicted molar refractivity (Wildman–Crippen MR) is 98.3 cm³/mol. The Hall–Kier alpha value is -1.98. The molecule has 0 aliphatic carbocycles. The molecule has 13 heteroatoms. The zero-order valence-electron chi connectivity index (χ0n) is 16.3. The molecule has 1 aromatic rings. The van der Waals surface area contributed by atoms with Gasteiger partial charge >= 0.3 is 19.8 Å². The van der Waals surface area contributed by atoms with Gasteiger partial charge in [-0.25, -0.2) is 9.18 Å². The Morgan fingerprint density at radius 2 is 2.10 bits per heavy atom. The van der Waals surface area contributed by atoms with Gasteiger partial charge in [0.2, 0.25) is 0 Å². The lowest BCUT2D eigenvalue weighted by atomic mass is 10.1. The molecule has 1 fully saturated rings. The van der Waals surface area contributed by atoms with Gasteiger partial charge in [0.15, 0.2) is 12.4 Å². The molecule has 0 saturated carbocycles. The second kappa shape index (κ2) is 9.68. The number of nitrogens with one attached hydrogen (secondary N) is 2. The number of aromatic amines is 1. The number of nitrogens with zero attached hydrogens (tertiary/aromatic N) is 1. The molecule has 1 unspecified atom stereocenters. The van der Waals surface area contributed by atoms with Gasteiger partial charge in [-0.05, 0) is 32.3 Å². The fourth-order valence-electron chi connectivity index (χ4n) is 2.56. The standard InChI is InChI=1S/C16H23FN3O8P/c1-7(2)27-15(23)9(4)19-29(25)26-6-10-12(21)11(17)14(28-10)20-5-8(3)13(22)18-16(20)24/h5,7,9-12,14,21H,6H2,1-4H3,(H-,18,19,22,24,25)/p+1/t9-,10-,11+,12-,14-/m0/s1. The van der Waals surface area contributed by atoms with Crippen LogP contribution in [0.4, 0.5) is 4.39 Å². The van der Waals surface area contributed by atoms with Gasteiger partial charge in [0.05, 0.1) is 6.10 Å². The number of ether oxygens (including phenoxy) is 2. The lowest BCUT2D eigenvalue weighted by Gasteiger charge is -2.16. The highest BCUT2D eigenvalue weighted by atomic mass is 31.1. The van der Waals surface area contributed by atoms with E-state index in [4.69, 9.17) is 14.0 Å². The van der Waals surface area contributed by atoms with Gasteiger partial charge in [-0.2, -0.15) is 0 Å². The van der Waals surface area contributed by atoms with E-state index in [2.05, 4.69) is 5.09 Å². The molecular formula is C16H24FN3O8P+. The number of halogens is 1. The molecule has 0 spiro atoms. The van der Waals surface area contributed by atoms with E-state index in [1.807, 2.05) is 4.98 Å². The third-order valence-corrected chi connectivity index (χ3v) is 5.06. The van der Waals surface area contributed by atoms with Crippen molar-refractivity contribution in [3.8, 4) is 0 Å². The Labute approximate surface area is 166 Å². The highest BCUT2D eigenvalue weighted by Crippen LogP contribution is 2.32. The van der Waals surface area contributed by atoms with Crippen molar-refractivity contribution >= 4 is 14.1 Å². The molecule has 11 nitrogen and oxygen atoms in total. The number of H-pyrrole nitrogens is 1. The van der Waals surface area contributed by atoms with Crippen LogP contribution in [0.1, 0.15) is 32.6 Å². The molecule has 1 aliphatic heterocycles. The molecule has 29 heavy (non-hydrogen) atoms. The zero-order chi connectivity index (χ0) is 21.9. The summed E-state index contributed by atoms with van der Waals surface area (Å²) in [6, 6.07) is -0.917. The minimum atomic E-state index is -2.54. The van der Waals surface area contributed by atoms with Crippen molar-refractivity contribution in [3.63, 3.8) is 0 Å². The Kier molecular flexibility index (Phi) is 7.78. The fourth-order valence-corrected chi connectivity index (χ4v) is 3.34. The largest absolute Gasteiger partial charge is 0.613 e.